The van der Waals surface area contributed by atoms with Gasteiger partial charge in [0.2, 0.25) is 0 Å². The van der Waals surface area contributed by atoms with Crippen LogP contribution in [0.1, 0.15) is 54.9 Å². The van der Waals surface area contributed by atoms with Gasteiger partial charge in [-0.05, 0) is 60.2 Å². The van der Waals surface area contributed by atoms with Crippen LogP contribution in [-0.4, -0.2) is 34.0 Å². The lowest BCUT2D eigenvalue weighted by Gasteiger charge is -2.26. The van der Waals surface area contributed by atoms with Crippen LogP contribution in [0.2, 0.25) is 0 Å². The van der Waals surface area contributed by atoms with Crippen molar-refractivity contribution < 1.29 is 14.9 Å². The molecular formula is C32H35NO3. The highest BCUT2D eigenvalue weighted by Crippen LogP contribution is 2.27. The van der Waals surface area contributed by atoms with Crippen molar-refractivity contribution in [1.29, 1.82) is 0 Å². The van der Waals surface area contributed by atoms with Gasteiger partial charge >= 0.3 is 0 Å². The molecule has 1 atom stereocenters. The van der Waals surface area contributed by atoms with Gasteiger partial charge in [-0.15, -0.1) is 5.92 Å². The van der Waals surface area contributed by atoms with Crippen molar-refractivity contribution >= 4 is 5.57 Å². The van der Waals surface area contributed by atoms with Crippen LogP contribution >= 0.6 is 0 Å². The zero-order chi connectivity index (χ0) is 25.4. The zero-order valence-electron chi connectivity index (χ0n) is 21.2. The molecule has 2 N–H and O–H groups in total. The van der Waals surface area contributed by atoms with Crippen molar-refractivity contribution in [2.45, 2.75) is 51.5 Å². The van der Waals surface area contributed by atoms with Crippen molar-refractivity contribution in [2.75, 3.05) is 13.1 Å². The third kappa shape index (κ3) is 7.57. The standard InChI is InChI=1S/C32H35NO3/c1-3-7-30(22-32(2,34)35)28-14-16-31(17-15-28)36-24-26-12-10-25(11-13-26)23-33-20-18-29(19-21-33)27-8-5-4-6-9-27/h4-6,8-18,30,34-35H,19-24H2,1-2H3. The molecule has 0 spiro atoms. The molecule has 36 heavy (non-hydrogen) atoms. The Balaban J connectivity index is 1.27. The number of hydrogen-bond donors (Lipinski definition) is 2. The molecule has 4 rings (SSSR count). The fraction of sp³-hybridized carbons (Fsp3) is 0.312. The number of aliphatic hydroxyl groups is 2. The molecule has 3 aromatic rings. The lowest BCUT2D eigenvalue weighted by Crippen LogP contribution is -2.28. The van der Waals surface area contributed by atoms with Gasteiger partial charge in [0.15, 0.2) is 5.79 Å². The second kappa shape index (κ2) is 12.1. The molecule has 186 valence electrons. The molecule has 0 fully saturated rings. The highest BCUT2D eigenvalue weighted by atomic mass is 16.5. The maximum Gasteiger partial charge on any atom is 0.161 e. The minimum Gasteiger partial charge on any atom is -0.489 e. The van der Waals surface area contributed by atoms with Gasteiger partial charge in [-0.3, -0.25) is 4.90 Å². The normalized spacial score (nSPS) is 14.9. The molecule has 0 bridgehead atoms. The smallest absolute Gasteiger partial charge is 0.161 e. The predicted octanol–water partition coefficient (Wildman–Crippen LogP) is 5.75. The van der Waals surface area contributed by atoms with E-state index in [1.165, 1.54) is 23.6 Å². The van der Waals surface area contributed by atoms with Crippen LogP contribution in [0, 0.1) is 11.8 Å². The zero-order valence-corrected chi connectivity index (χ0v) is 21.2. The van der Waals surface area contributed by atoms with Gasteiger partial charge in [0, 0.05) is 26.1 Å². The quantitative estimate of drug-likeness (QED) is 0.302. The second-order valence-corrected chi connectivity index (χ2v) is 9.62. The van der Waals surface area contributed by atoms with E-state index in [0.717, 1.165) is 42.9 Å². The highest BCUT2D eigenvalue weighted by molar-refractivity contribution is 5.66. The van der Waals surface area contributed by atoms with Gasteiger partial charge in [0.05, 0.1) is 5.92 Å². The van der Waals surface area contributed by atoms with Gasteiger partial charge in [-0.25, -0.2) is 0 Å². The summed E-state index contributed by atoms with van der Waals surface area (Å²) in [4.78, 5) is 2.48. The van der Waals surface area contributed by atoms with Gasteiger partial charge in [-0.1, -0.05) is 78.7 Å². The van der Waals surface area contributed by atoms with Crippen LogP contribution < -0.4 is 4.74 Å². The SMILES string of the molecule is CC#CC(CC(C)(O)O)c1ccc(OCc2ccc(CN3CC=C(c4ccccc4)CC3)cc2)cc1. The first-order valence-corrected chi connectivity index (χ1v) is 12.5. The third-order valence-corrected chi connectivity index (χ3v) is 6.46. The van der Waals surface area contributed by atoms with Crippen LogP contribution in [0.5, 0.6) is 5.75 Å². The van der Waals surface area contributed by atoms with E-state index >= 15 is 0 Å². The molecule has 0 amide bonds. The Kier molecular flexibility index (Phi) is 8.61. The summed E-state index contributed by atoms with van der Waals surface area (Å²) < 4.78 is 5.98. The van der Waals surface area contributed by atoms with Crippen LogP contribution in [0.25, 0.3) is 5.57 Å². The topological polar surface area (TPSA) is 52.9 Å². The average Bonchev–Trinajstić information content (AvgIpc) is 2.89. The van der Waals surface area contributed by atoms with Crippen LogP contribution in [-0.2, 0) is 13.2 Å². The molecular weight excluding hydrogens is 446 g/mol. The first kappa shape index (κ1) is 25.7. The first-order valence-electron chi connectivity index (χ1n) is 12.5. The maximum absolute atomic E-state index is 9.76. The molecule has 0 saturated carbocycles. The summed E-state index contributed by atoms with van der Waals surface area (Å²) in [7, 11) is 0. The average molecular weight is 482 g/mol. The lowest BCUT2D eigenvalue weighted by molar-refractivity contribution is -0.150. The number of hydrogen-bond acceptors (Lipinski definition) is 4. The largest absolute Gasteiger partial charge is 0.489 e. The van der Waals surface area contributed by atoms with Crippen molar-refractivity contribution in [2.24, 2.45) is 0 Å². The molecule has 1 aliphatic rings. The van der Waals surface area contributed by atoms with Gasteiger partial charge in [0.1, 0.15) is 12.4 Å². The molecule has 0 saturated heterocycles. The number of rotatable bonds is 9. The Morgan fingerprint density at radius 1 is 0.944 bits per heavy atom. The third-order valence-electron chi connectivity index (χ3n) is 6.46. The molecule has 1 aliphatic heterocycles. The summed E-state index contributed by atoms with van der Waals surface area (Å²) >= 11 is 0. The van der Waals surface area contributed by atoms with E-state index in [0.29, 0.717) is 6.61 Å². The number of benzene rings is 3. The Hall–Kier alpha value is -3.36. The first-order chi connectivity index (χ1) is 17.4. The molecule has 0 aromatic heterocycles. The Morgan fingerprint density at radius 3 is 2.25 bits per heavy atom. The maximum atomic E-state index is 9.76. The fourth-order valence-electron chi connectivity index (χ4n) is 4.54. The highest BCUT2D eigenvalue weighted by Gasteiger charge is 2.22. The van der Waals surface area contributed by atoms with Crippen LogP contribution in [0.3, 0.4) is 0 Å². The summed E-state index contributed by atoms with van der Waals surface area (Å²) in [5.41, 5.74) is 6.16. The monoisotopic (exact) mass is 481 g/mol. The molecule has 3 aromatic carbocycles. The van der Waals surface area contributed by atoms with E-state index in [1.54, 1.807) is 6.92 Å². The predicted molar refractivity (Wildman–Crippen MR) is 145 cm³/mol. The summed E-state index contributed by atoms with van der Waals surface area (Å²) in [6, 6.07) is 27.0. The van der Waals surface area contributed by atoms with E-state index < -0.39 is 5.79 Å². The number of ether oxygens (including phenoxy) is 1. The van der Waals surface area contributed by atoms with E-state index in [4.69, 9.17) is 4.74 Å². The van der Waals surface area contributed by atoms with Gasteiger partial charge in [-0.2, -0.15) is 0 Å². The molecule has 0 radical (unpaired) electrons. The van der Waals surface area contributed by atoms with E-state index in [1.807, 2.05) is 24.3 Å². The van der Waals surface area contributed by atoms with Crippen molar-refractivity contribution in [1.82, 2.24) is 4.90 Å². The molecule has 1 heterocycles. The van der Waals surface area contributed by atoms with Crippen molar-refractivity contribution in [3.8, 4) is 17.6 Å². The fourth-order valence-corrected chi connectivity index (χ4v) is 4.54. The summed E-state index contributed by atoms with van der Waals surface area (Å²) in [6.45, 7) is 6.63. The molecule has 4 nitrogen and oxygen atoms in total. The minimum absolute atomic E-state index is 0.155. The molecule has 0 aliphatic carbocycles. The van der Waals surface area contributed by atoms with E-state index in [9.17, 15) is 10.2 Å². The number of nitrogens with zero attached hydrogens (tertiary/aromatic N) is 1. The Labute approximate surface area is 214 Å². The minimum atomic E-state index is -1.76. The van der Waals surface area contributed by atoms with Gasteiger partial charge in [0.25, 0.3) is 0 Å². The van der Waals surface area contributed by atoms with E-state index in [2.05, 4.69) is 77.4 Å². The van der Waals surface area contributed by atoms with Crippen molar-refractivity contribution in [3.05, 3.63) is 107 Å². The Bertz CT molecular complexity index is 1200. The van der Waals surface area contributed by atoms with Crippen LogP contribution in [0.4, 0.5) is 0 Å². The second-order valence-electron chi connectivity index (χ2n) is 9.62. The summed E-state index contributed by atoms with van der Waals surface area (Å²) in [6.07, 6.45) is 3.59. The van der Waals surface area contributed by atoms with Crippen LogP contribution in [0.15, 0.2) is 84.9 Å². The van der Waals surface area contributed by atoms with E-state index in [-0.39, 0.29) is 12.3 Å². The Morgan fingerprint density at radius 2 is 1.64 bits per heavy atom. The lowest BCUT2D eigenvalue weighted by atomic mass is 9.92. The summed E-state index contributed by atoms with van der Waals surface area (Å²) in [5.74, 6) is 4.72. The van der Waals surface area contributed by atoms with Crippen molar-refractivity contribution in [3.63, 3.8) is 0 Å². The molecule has 4 heteroatoms. The summed E-state index contributed by atoms with van der Waals surface area (Å²) in [5, 5.41) is 19.5. The van der Waals surface area contributed by atoms with Gasteiger partial charge < -0.3 is 14.9 Å². The molecule has 1 unspecified atom stereocenters.